The standard InChI is InChI=1S/C16H17N3/c1-12(15-5-3-4-9-17-15)18-14-7-6-13-8-10-19(2)16(13)11-14/h3-12,18H,1-2H3/t12-/m1/s1. The van der Waals surface area contributed by atoms with E-state index in [0.29, 0.717) is 0 Å². The third-order valence-electron chi connectivity index (χ3n) is 3.40. The van der Waals surface area contributed by atoms with Gasteiger partial charge in [0.1, 0.15) is 0 Å². The summed E-state index contributed by atoms with van der Waals surface area (Å²) in [4.78, 5) is 4.38. The molecule has 0 bridgehead atoms. The zero-order valence-electron chi connectivity index (χ0n) is 11.2. The Morgan fingerprint density at radius 1 is 1.16 bits per heavy atom. The normalized spacial score (nSPS) is 12.5. The highest BCUT2D eigenvalue weighted by Gasteiger charge is 2.07. The summed E-state index contributed by atoms with van der Waals surface area (Å²) in [5.74, 6) is 0. The molecule has 0 saturated heterocycles. The molecule has 0 spiro atoms. The average molecular weight is 251 g/mol. The number of hydrogen-bond acceptors (Lipinski definition) is 2. The van der Waals surface area contributed by atoms with Crippen LogP contribution in [0.15, 0.2) is 54.9 Å². The lowest BCUT2D eigenvalue weighted by Gasteiger charge is -2.15. The number of aryl methyl sites for hydroxylation is 1. The fraction of sp³-hybridized carbons (Fsp3) is 0.188. The monoisotopic (exact) mass is 251 g/mol. The second-order valence-corrected chi connectivity index (χ2v) is 4.82. The van der Waals surface area contributed by atoms with Gasteiger partial charge in [-0.15, -0.1) is 0 Å². The van der Waals surface area contributed by atoms with Crippen LogP contribution in [0.4, 0.5) is 5.69 Å². The maximum atomic E-state index is 4.38. The van der Waals surface area contributed by atoms with Gasteiger partial charge in [-0.2, -0.15) is 0 Å². The van der Waals surface area contributed by atoms with Gasteiger partial charge in [0, 0.05) is 30.6 Å². The van der Waals surface area contributed by atoms with Gasteiger partial charge >= 0.3 is 0 Å². The van der Waals surface area contributed by atoms with E-state index in [4.69, 9.17) is 0 Å². The van der Waals surface area contributed by atoms with E-state index in [2.05, 4.69) is 59.3 Å². The Morgan fingerprint density at radius 2 is 2.05 bits per heavy atom. The minimum atomic E-state index is 0.193. The Labute approximate surface area is 112 Å². The Hall–Kier alpha value is -2.29. The minimum absolute atomic E-state index is 0.193. The van der Waals surface area contributed by atoms with Crippen molar-refractivity contribution in [3.8, 4) is 0 Å². The summed E-state index contributed by atoms with van der Waals surface area (Å²) in [6.45, 7) is 2.12. The maximum Gasteiger partial charge on any atom is 0.0657 e. The summed E-state index contributed by atoms with van der Waals surface area (Å²) in [5, 5.41) is 4.75. The molecule has 0 aliphatic rings. The van der Waals surface area contributed by atoms with Gasteiger partial charge in [-0.05, 0) is 42.6 Å². The highest BCUT2D eigenvalue weighted by atomic mass is 15.0. The number of aromatic nitrogens is 2. The number of nitrogens with one attached hydrogen (secondary N) is 1. The third-order valence-corrected chi connectivity index (χ3v) is 3.40. The first-order valence-corrected chi connectivity index (χ1v) is 6.46. The molecule has 0 aliphatic heterocycles. The number of rotatable bonds is 3. The van der Waals surface area contributed by atoms with Crippen molar-refractivity contribution in [1.29, 1.82) is 0 Å². The zero-order valence-corrected chi connectivity index (χ0v) is 11.2. The van der Waals surface area contributed by atoms with Crippen molar-refractivity contribution < 1.29 is 0 Å². The van der Waals surface area contributed by atoms with Crippen molar-refractivity contribution in [2.45, 2.75) is 13.0 Å². The van der Waals surface area contributed by atoms with Gasteiger partial charge in [0.05, 0.1) is 11.7 Å². The molecule has 0 unspecified atom stereocenters. The maximum absolute atomic E-state index is 4.38. The Morgan fingerprint density at radius 3 is 2.84 bits per heavy atom. The third kappa shape index (κ3) is 2.32. The summed E-state index contributed by atoms with van der Waals surface area (Å²) < 4.78 is 2.13. The quantitative estimate of drug-likeness (QED) is 0.768. The van der Waals surface area contributed by atoms with Crippen LogP contribution in [0.2, 0.25) is 0 Å². The van der Waals surface area contributed by atoms with Crippen LogP contribution in [0.3, 0.4) is 0 Å². The van der Waals surface area contributed by atoms with Gasteiger partial charge in [0.25, 0.3) is 0 Å². The summed E-state index contributed by atoms with van der Waals surface area (Å²) in [6, 6.07) is 14.7. The molecular formula is C16H17N3. The molecule has 2 aromatic heterocycles. The van der Waals surface area contributed by atoms with Crippen LogP contribution in [0.1, 0.15) is 18.7 Å². The summed E-state index contributed by atoms with van der Waals surface area (Å²) in [5.41, 5.74) is 3.40. The minimum Gasteiger partial charge on any atom is -0.377 e. The first kappa shape index (κ1) is 11.8. The largest absolute Gasteiger partial charge is 0.377 e. The predicted molar refractivity (Wildman–Crippen MR) is 79.2 cm³/mol. The van der Waals surface area contributed by atoms with Gasteiger partial charge in [0.2, 0.25) is 0 Å². The lowest BCUT2D eigenvalue weighted by molar-refractivity contribution is 0.839. The van der Waals surface area contributed by atoms with Gasteiger partial charge in [-0.3, -0.25) is 4.98 Å². The highest BCUT2D eigenvalue weighted by molar-refractivity contribution is 5.83. The first-order valence-electron chi connectivity index (χ1n) is 6.46. The fourth-order valence-corrected chi connectivity index (χ4v) is 2.31. The summed E-state index contributed by atoms with van der Waals surface area (Å²) >= 11 is 0. The molecule has 0 fully saturated rings. The lowest BCUT2D eigenvalue weighted by atomic mass is 10.2. The van der Waals surface area contributed by atoms with Gasteiger partial charge in [-0.1, -0.05) is 12.1 Å². The van der Waals surface area contributed by atoms with E-state index in [9.17, 15) is 0 Å². The molecule has 0 radical (unpaired) electrons. The van der Waals surface area contributed by atoms with Crippen molar-refractivity contribution in [1.82, 2.24) is 9.55 Å². The van der Waals surface area contributed by atoms with E-state index in [1.165, 1.54) is 10.9 Å². The second kappa shape index (κ2) is 4.76. The average Bonchev–Trinajstić information content (AvgIpc) is 2.81. The molecule has 3 nitrogen and oxygen atoms in total. The Bertz CT molecular complexity index is 686. The van der Waals surface area contributed by atoms with Crippen molar-refractivity contribution in [2.75, 3.05) is 5.32 Å². The molecule has 2 heterocycles. The molecular weight excluding hydrogens is 234 g/mol. The number of nitrogens with zero attached hydrogens (tertiary/aromatic N) is 2. The van der Waals surface area contributed by atoms with Crippen molar-refractivity contribution in [3.63, 3.8) is 0 Å². The van der Waals surface area contributed by atoms with Gasteiger partial charge in [0.15, 0.2) is 0 Å². The molecule has 0 saturated carbocycles. The molecule has 0 amide bonds. The van der Waals surface area contributed by atoms with Crippen molar-refractivity contribution in [3.05, 3.63) is 60.6 Å². The number of anilines is 1. The predicted octanol–water partition coefficient (Wildman–Crippen LogP) is 3.75. The molecule has 1 N–H and O–H groups in total. The molecule has 96 valence electrons. The van der Waals surface area contributed by atoms with E-state index in [1.807, 2.05) is 24.4 Å². The van der Waals surface area contributed by atoms with Crippen LogP contribution in [-0.4, -0.2) is 9.55 Å². The van der Waals surface area contributed by atoms with Gasteiger partial charge in [-0.25, -0.2) is 0 Å². The number of benzene rings is 1. The fourth-order valence-electron chi connectivity index (χ4n) is 2.31. The SMILES string of the molecule is C[C@@H](Nc1ccc2ccn(C)c2c1)c1ccccn1. The van der Waals surface area contributed by atoms with Crippen LogP contribution in [0.5, 0.6) is 0 Å². The second-order valence-electron chi connectivity index (χ2n) is 4.82. The first-order chi connectivity index (χ1) is 9.24. The Balaban J connectivity index is 1.87. The van der Waals surface area contributed by atoms with Crippen molar-refractivity contribution in [2.24, 2.45) is 7.05 Å². The number of fused-ring (bicyclic) bond motifs is 1. The van der Waals surface area contributed by atoms with Crippen LogP contribution < -0.4 is 5.32 Å². The number of pyridine rings is 1. The lowest BCUT2D eigenvalue weighted by Crippen LogP contribution is -2.08. The van der Waals surface area contributed by atoms with Crippen LogP contribution >= 0.6 is 0 Å². The highest BCUT2D eigenvalue weighted by Crippen LogP contribution is 2.23. The molecule has 3 rings (SSSR count). The van der Waals surface area contributed by atoms with Gasteiger partial charge < -0.3 is 9.88 Å². The van der Waals surface area contributed by atoms with Crippen LogP contribution in [0, 0.1) is 0 Å². The zero-order chi connectivity index (χ0) is 13.2. The molecule has 3 heteroatoms. The molecule has 1 atom stereocenters. The van der Waals surface area contributed by atoms with E-state index >= 15 is 0 Å². The summed E-state index contributed by atoms with van der Waals surface area (Å²) in [6.07, 6.45) is 3.91. The van der Waals surface area contributed by atoms with Crippen LogP contribution in [0.25, 0.3) is 10.9 Å². The summed E-state index contributed by atoms with van der Waals surface area (Å²) in [7, 11) is 2.06. The van der Waals surface area contributed by atoms with E-state index in [0.717, 1.165) is 11.4 Å². The molecule has 19 heavy (non-hydrogen) atoms. The number of hydrogen-bond donors (Lipinski definition) is 1. The molecule has 3 aromatic rings. The van der Waals surface area contributed by atoms with E-state index in [-0.39, 0.29) is 6.04 Å². The molecule has 1 aromatic carbocycles. The Kier molecular flexibility index (Phi) is 2.95. The smallest absolute Gasteiger partial charge is 0.0657 e. The van der Waals surface area contributed by atoms with E-state index < -0.39 is 0 Å². The van der Waals surface area contributed by atoms with Crippen molar-refractivity contribution >= 4 is 16.6 Å². The molecule has 0 aliphatic carbocycles. The topological polar surface area (TPSA) is 29.9 Å². The van der Waals surface area contributed by atoms with Crippen LogP contribution in [-0.2, 0) is 7.05 Å². The van der Waals surface area contributed by atoms with E-state index in [1.54, 1.807) is 0 Å².